The monoisotopic (exact) mass is 436 g/mol. The van der Waals surface area contributed by atoms with E-state index in [4.69, 9.17) is 0 Å². The van der Waals surface area contributed by atoms with Gasteiger partial charge in [0.1, 0.15) is 0 Å². The van der Waals surface area contributed by atoms with Crippen LogP contribution in [0.3, 0.4) is 0 Å². The van der Waals surface area contributed by atoms with Crippen LogP contribution < -0.4 is 0 Å². The number of hydrogen-bond donors (Lipinski definition) is 0. The van der Waals surface area contributed by atoms with Crippen molar-refractivity contribution in [3.05, 3.63) is 115 Å². The summed E-state index contributed by atoms with van der Waals surface area (Å²) in [6.45, 7) is 3.19. The summed E-state index contributed by atoms with van der Waals surface area (Å²) in [7, 11) is 0. The third kappa shape index (κ3) is 2.69. The van der Waals surface area contributed by atoms with Crippen LogP contribution in [0, 0.1) is 0 Å². The molecule has 0 bridgehead atoms. The Bertz CT molecular complexity index is 1830. The van der Waals surface area contributed by atoms with Crippen LogP contribution in [0.15, 0.2) is 115 Å². The van der Waals surface area contributed by atoms with E-state index < -0.39 is 0 Å². The molecule has 5 aromatic carbocycles. The maximum atomic E-state index is 2.41. The molecule has 7 aromatic rings. The van der Waals surface area contributed by atoms with Crippen LogP contribution in [0.1, 0.15) is 6.92 Å². The van der Waals surface area contributed by atoms with Crippen molar-refractivity contribution >= 4 is 43.6 Å². The molecule has 0 spiro atoms. The number of benzene rings is 5. The van der Waals surface area contributed by atoms with Crippen molar-refractivity contribution in [3.63, 3.8) is 0 Å². The van der Waals surface area contributed by atoms with E-state index in [0.717, 1.165) is 6.54 Å². The lowest BCUT2D eigenvalue weighted by Crippen LogP contribution is -1.93. The van der Waals surface area contributed by atoms with E-state index in [0.29, 0.717) is 0 Å². The van der Waals surface area contributed by atoms with Crippen LogP contribution >= 0.6 is 0 Å². The minimum Gasteiger partial charge on any atom is -0.341 e. The molecule has 2 heteroatoms. The van der Waals surface area contributed by atoms with Crippen molar-refractivity contribution in [1.29, 1.82) is 0 Å². The Labute approximate surface area is 198 Å². The molecule has 162 valence electrons. The highest BCUT2D eigenvalue weighted by atomic mass is 15.0. The molecule has 2 aromatic heterocycles. The Morgan fingerprint density at radius 1 is 0.471 bits per heavy atom. The summed E-state index contributed by atoms with van der Waals surface area (Å²) in [5, 5.41) is 5.21. The predicted molar refractivity (Wildman–Crippen MR) is 145 cm³/mol. The lowest BCUT2D eigenvalue weighted by molar-refractivity contribution is 0.827. The fourth-order valence-electron chi connectivity index (χ4n) is 5.58. The van der Waals surface area contributed by atoms with Crippen molar-refractivity contribution in [1.82, 2.24) is 9.13 Å². The number of rotatable bonds is 3. The SMILES string of the molecule is CCn1c2ccccc2c2cc(-c3ccc4c(c3)c3ccccc3n4-c3ccccc3)ccc21. The normalized spacial score (nSPS) is 11.8. The van der Waals surface area contributed by atoms with Crippen molar-refractivity contribution < 1.29 is 0 Å². The van der Waals surface area contributed by atoms with Crippen LogP contribution in [0.4, 0.5) is 0 Å². The number of aryl methyl sites for hydroxylation is 1. The van der Waals surface area contributed by atoms with Gasteiger partial charge in [0, 0.05) is 44.8 Å². The Balaban J connectivity index is 1.48. The van der Waals surface area contributed by atoms with E-state index in [1.807, 2.05) is 0 Å². The molecule has 0 aliphatic rings. The summed E-state index contributed by atoms with van der Waals surface area (Å²) < 4.78 is 4.78. The predicted octanol–water partition coefficient (Wildman–Crippen LogP) is 8.58. The summed E-state index contributed by atoms with van der Waals surface area (Å²) in [5.74, 6) is 0. The summed E-state index contributed by atoms with van der Waals surface area (Å²) >= 11 is 0. The zero-order chi connectivity index (χ0) is 22.6. The molecule has 0 saturated heterocycles. The fourth-order valence-corrected chi connectivity index (χ4v) is 5.58. The van der Waals surface area contributed by atoms with Crippen LogP contribution in [0.25, 0.3) is 60.4 Å². The van der Waals surface area contributed by atoms with Gasteiger partial charge >= 0.3 is 0 Å². The van der Waals surface area contributed by atoms with E-state index in [2.05, 4.69) is 131 Å². The molecule has 0 aliphatic heterocycles. The molecular weight excluding hydrogens is 412 g/mol. The highest BCUT2D eigenvalue weighted by Gasteiger charge is 2.14. The largest absolute Gasteiger partial charge is 0.341 e. The molecule has 0 atom stereocenters. The van der Waals surface area contributed by atoms with Crippen LogP contribution in [0.5, 0.6) is 0 Å². The van der Waals surface area contributed by atoms with Gasteiger partial charge in [-0.3, -0.25) is 0 Å². The van der Waals surface area contributed by atoms with E-state index >= 15 is 0 Å². The molecule has 34 heavy (non-hydrogen) atoms. The van der Waals surface area contributed by atoms with Gasteiger partial charge in [-0.1, -0.05) is 66.7 Å². The van der Waals surface area contributed by atoms with Gasteiger partial charge in [0.05, 0.1) is 11.0 Å². The van der Waals surface area contributed by atoms with Crippen molar-refractivity contribution in [3.8, 4) is 16.8 Å². The topological polar surface area (TPSA) is 9.86 Å². The fraction of sp³-hybridized carbons (Fsp3) is 0.0625. The van der Waals surface area contributed by atoms with E-state index in [9.17, 15) is 0 Å². The van der Waals surface area contributed by atoms with Gasteiger partial charge in [0.15, 0.2) is 0 Å². The number of fused-ring (bicyclic) bond motifs is 6. The first-order valence-electron chi connectivity index (χ1n) is 11.9. The van der Waals surface area contributed by atoms with Crippen molar-refractivity contribution in [2.75, 3.05) is 0 Å². The van der Waals surface area contributed by atoms with Gasteiger partial charge < -0.3 is 9.13 Å². The molecule has 0 radical (unpaired) electrons. The summed E-state index contributed by atoms with van der Waals surface area (Å²) in [6, 6.07) is 41.9. The van der Waals surface area contributed by atoms with Gasteiger partial charge in [-0.25, -0.2) is 0 Å². The first-order valence-corrected chi connectivity index (χ1v) is 11.9. The minimum atomic E-state index is 0.967. The summed E-state index contributed by atoms with van der Waals surface area (Å²) in [5.41, 5.74) is 8.77. The third-order valence-electron chi connectivity index (χ3n) is 7.11. The number of para-hydroxylation sites is 3. The number of aromatic nitrogens is 2. The second-order valence-electron chi connectivity index (χ2n) is 8.91. The molecule has 2 nitrogen and oxygen atoms in total. The second kappa shape index (κ2) is 7.36. The van der Waals surface area contributed by atoms with E-state index in [1.54, 1.807) is 0 Å². The Kier molecular flexibility index (Phi) is 4.16. The van der Waals surface area contributed by atoms with Gasteiger partial charge in [-0.2, -0.15) is 0 Å². The van der Waals surface area contributed by atoms with E-state index in [1.165, 1.54) is 60.4 Å². The smallest absolute Gasteiger partial charge is 0.0541 e. The average molecular weight is 437 g/mol. The quantitative estimate of drug-likeness (QED) is 0.262. The van der Waals surface area contributed by atoms with Crippen LogP contribution in [-0.2, 0) is 6.54 Å². The third-order valence-corrected chi connectivity index (χ3v) is 7.11. The summed E-state index contributed by atoms with van der Waals surface area (Å²) in [6.07, 6.45) is 0. The molecular formula is C32H24N2. The Morgan fingerprint density at radius 2 is 0.971 bits per heavy atom. The Morgan fingerprint density at radius 3 is 1.68 bits per heavy atom. The lowest BCUT2D eigenvalue weighted by atomic mass is 10.0. The number of nitrogens with zero attached hydrogens (tertiary/aromatic N) is 2. The molecule has 0 aliphatic carbocycles. The Hall–Kier alpha value is -4.30. The van der Waals surface area contributed by atoms with Crippen molar-refractivity contribution in [2.24, 2.45) is 0 Å². The highest BCUT2D eigenvalue weighted by molar-refractivity contribution is 6.12. The van der Waals surface area contributed by atoms with Gasteiger partial charge in [-0.05, 0) is 66.6 Å². The molecule has 0 saturated carbocycles. The van der Waals surface area contributed by atoms with Crippen LogP contribution in [-0.4, -0.2) is 9.13 Å². The van der Waals surface area contributed by atoms with Gasteiger partial charge in [0.25, 0.3) is 0 Å². The van der Waals surface area contributed by atoms with Gasteiger partial charge in [-0.15, -0.1) is 0 Å². The number of hydrogen-bond acceptors (Lipinski definition) is 0. The zero-order valence-corrected chi connectivity index (χ0v) is 19.1. The molecule has 0 N–H and O–H groups in total. The van der Waals surface area contributed by atoms with Crippen molar-refractivity contribution in [2.45, 2.75) is 13.5 Å². The van der Waals surface area contributed by atoms with Gasteiger partial charge in [0.2, 0.25) is 0 Å². The highest BCUT2D eigenvalue weighted by Crippen LogP contribution is 2.37. The standard InChI is InChI=1S/C32H24N2/c1-2-33-29-14-8-6-12-25(29)27-20-22(16-18-30(27)33)23-17-19-32-28(21-23)26-13-7-9-15-31(26)34(32)24-10-4-3-5-11-24/h3-21H,2H2,1H3. The average Bonchev–Trinajstić information content (AvgIpc) is 3.41. The maximum Gasteiger partial charge on any atom is 0.0541 e. The maximum absolute atomic E-state index is 2.41. The van der Waals surface area contributed by atoms with Crippen LogP contribution in [0.2, 0.25) is 0 Å². The molecule has 0 amide bonds. The molecule has 0 unspecified atom stereocenters. The summed E-state index contributed by atoms with van der Waals surface area (Å²) in [4.78, 5) is 0. The first kappa shape index (κ1) is 19.2. The lowest BCUT2D eigenvalue weighted by Gasteiger charge is -2.08. The minimum absolute atomic E-state index is 0.967. The zero-order valence-electron chi connectivity index (χ0n) is 19.1. The molecule has 7 rings (SSSR count). The molecule has 2 heterocycles. The van der Waals surface area contributed by atoms with E-state index in [-0.39, 0.29) is 0 Å². The first-order chi connectivity index (χ1) is 16.8. The molecule has 0 fully saturated rings. The second-order valence-corrected chi connectivity index (χ2v) is 8.91.